The smallest absolute Gasteiger partial charge is 0.326 e. The van der Waals surface area contributed by atoms with Gasteiger partial charge in [0.2, 0.25) is 5.91 Å². The second kappa shape index (κ2) is 5.56. The van der Waals surface area contributed by atoms with E-state index >= 15 is 0 Å². The van der Waals surface area contributed by atoms with Crippen molar-refractivity contribution in [2.75, 3.05) is 0 Å². The Hall–Kier alpha value is -1.14. The zero-order chi connectivity index (χ0) is 11.3. The Morgan fingerprint density at radius 2 is 1.71 bits per heavy atom. The van der Waals surface area contributed by atoms with Gasteiger partial charge in [0.25, 0.3) is 0 Å². The van der Waals surface area contributed by atoms with E-state index in [9.17, 15) is 9.59 Å². The maximum Gasteiger partial charge on any atom is 0.326 e. The molecular formula is C8H16N2O4. The topological polar surface area (TPSA) is 98.7 Å². The normalized spacial score (nSPS) is 14.9. The van der Waals surface area contributed by atoms with E-state index in [4.69, 9.17) is 10.3 Å². The van der Waals surface area contributed by atoms with E-state index in [1.807, 2.05) is 0 Å². The molecule has 0 saturated carbocycles. The third-order valence-electron chi connectivity index (χ3n) is 1.82. The van der Waals surface area contributed by atoms with Crippen molar-refractivity contribution < 1.29 is 19.9 Å². The van der Waals surface area contributed by atoms with Crippen LogP contribution >= 0.6 is 0 Å². The van der Waals surface area contributed by atoms with Crippen LogP contribution in [0.1, 0.15) is 20.8 Å². The van der Waals surface area contributed by atoms with Crippen molar-refractivity contribution in [2.45, 2.75) is 32.9 Å². The molecule has 0 aliphatic carbocycles. The first kappa shape index (κ1) is 12.9. The van der Waals surface area contributed by atoms with E-state index in [0.717, 1.165) is 0 Å². The number of aliphatic carboxylic acids is 1. The van der Waals surface area contributed by atoms with Crippen LogP contribution in [-0.2, 0) is 9.59 Å². The molecule has 0 radical (unpaired) electrons. The van der Waals surface area contributed by atoms with Gasteiger partial charge < -0.3 is 15.6 Å². The van der Waals surface area contributed by atoms with Crippen LogP contribution in [0.5, 0.6) is 0 Å². The van der Waals surface area contributed by atoms with Gasteiger partial charge in [-0.1, -0.05) is 13.8 Å². The molecule has 0 bridgehead atoms. The molecule has 0 aromatic heterocycles. The number of carboxylic acid groups (broad SMARTS) is 1. The van der Waals surface area contributed by atoms with Gasteiger partial charge >= 0.3 is 5.97 Å². The maximum absolute atomic E-state index is 11.2. The van der Waals surface area contributed by atoms with Gasteiger partial charge in [-0.15, -0.1) is 0 Å². The quantitative estimate of drug-likeness (QED) is 0.456. The molecule has 0 heterocycles. The maximum atomic E-state index is 11.2. The number of amides is 1. The molecule has 82 valence electrons. The lowest BCUT2D eigenvalue weighted by Gasteiger charge is -2.19. The van der Waals surface area contributed by atoms with Crippen molar-refractivity contribution in [3.05, 3.63) is 0 Å². The van der Waals surface area contributed by atoms with Crippen LogP contribution in [0.25, 0.3) is 0 Å². The lowest BCUT2D eigenvalue weighted by atomic mass is 10.0. The minimum atomic E-state index is -1.08. The van der Waals surface area contributed by atoms with Gasteiger partial charge in [0, 0.05) is 0 Å². The molecule has 0 aromatic carbocycles. The summed E-state index contributed by atoms with van der Waals surface area (Å²) in [6, 6.07) is -1.76. The Balaban J connectivity index is 4.31. The van der Waals surface area contributed by atoms with Gasteiger partial charge in [-0.25, -0.2) is 4.79 Å². The molecule has 0 aliphatic rings. The van der Waals surface area contributed by atoms with Crippen LogP contribution in [0.3, 0.4) is 0 Å². The van der Waals surface area contributed by atoms with Crippen LogP contribution in [0.4, 0.5) is 0 Å². The first-order valence-electron chi connectivity index (χ1n) is 4.33. The molecule has 1 amide bonds. The van der Waals surface area contributed by atoms with E-state index in [-0.39, 0.29) is 5.92 Å². The summed E-state index contributed by atoms with van der Waals surface area (Å²) in [7, 11) is 0. The van der Waals surface area contributed by atoms with Gasteiger partial charge in [0.05, 0.1) is 0 Å². The highest BCUT2D eigenvalue weighted by Gasteiger charge is 2.25. The molecule has 0 spiro atoms. The Labute approximate surface area is 82.3 Å². The van der Waals surface area contributed by atoms with E-state index in [0.29, 0.717) is 0 Å². The summed E-state index contributed by atoms with van der Waals surface area (Å²) in [5.41, 5.74) is 1.74. The molecular weight excluding hydrogens is 188 g/mol. The molecule has 0 aliphatic heterocycles. The molecule has 0 unspecified atom stereocenters. The van der Waals surface area contributed by atoms with E-state index in [2.05, 4.69) is 5.32 Å². The molecule has 0 saturated heterocycles. The van der Waals surface area contributed by atoms with Crippen molar-refractivity contribution in [3.8, 4) is 0 Å². The molecule has 14 heavy (non-hydrogen) atoms. The molecule has 4 N–H and O–H groups in total. The number of hydroxylamine groups is 1. The zero-order valence-corrected chi connectivity index (χ0v) is 8.44. The average molecular weight is 204 g/mol. The number of hydrogen-bond acceptors (Lipinski definition) is 4. The largest absolute Gasteiger partial charge is 0.480 e. The number of carboxylic acids is 1. The predicted octanol–water partition coefficient (Wildman–Crippen LogP) is -0.421. The predicted molar refractivity (Wildman–Crippen MR) is 48.8 cm³/mol. The second-order valence-electron chi connectivity index (χ2n) is 3.42. The molecule has 6 heteroatoms. The summed E-state index contributed by atoms with van der Waals surface area (Å²) in [6.45, 7) is 4.81. The minimum absolute atomic E-state index is 0.206. The van der Waals surface area contributed by atoms with Gasteiger partial charge in [-0.3, -0.25) is 4.79 Å². The van der Waals surface area contributed by atoms with Crippen molar-refractivity contribution in [2.24, 2.45) is 5.92 Å². The Morgan fingerprint density at radius 3 is 2.00 bits per heavy atom. The highest BCUT2D eigenvalue weighted by molar-refractivity contribution is 5.86. The van der Waals surface area contributed by atoms with Crippen molar-refractivity contribution in [1.29, 1.82) is 0 Å². The van der Waals surface area contributed by atoms with Crippen LogP contribution in [-0.4, -0.2) is 34.3 Å². The average Bonchev–Trinajstić information content (AvgIpc) is 2.11. The van der Waals surface area contributed by atoms with E-state index in [1.54, 1.807) is 19.3 Å². The summed E-state index contributed by atoms with van der Waals surface area (Å²) in [4.78, 5) is 21.9. The summed E-state index contributed by atoms with van der Waals surface area (Å²) >= 11 is 0. The summed E-state index contributed by atoms with van der Waals surface area (Å²) in [5, 5.41) is 19.5. The van der Waals surface area contributed by atoms with Crippen LogP contribution in [0, 0.1) is 5.92 Å². The van der Waals surface area contributed by atoms with E-state index in [1.165, 1.54) is 6.92 Å². The minimum Gasteiger partial charge on any atom is -0.480 e. The second-order valence-corrected chi connectivity index (χ2v) is 3.42. The first-order valence-corrected chi connectivity index (χ1v) is 4.33. The van der Waals surface area contributed by atoms with Gasteiger partial charge in [0.1, 0.15) is 12.1 Å². The van der Waals surface area contributed by atoms with Gasteiger partial charge in [0.15, 0.2) is 0 Å². The monoisotopic (exact) mass is 204 g/mol. The molecule has 0 fully saturated rings. The van der Waals surface area contributed by atoms with E-state index < -0.39 is 24.0 Å². The van der Waals surface area contributed by atoms with Gasteiger partial charge in [-0.05, 0) is 12.8 Å². The Bertz CT molecular complexity index is 217. The summed E-state index contributed by atoms with van der Waals surface area (Å²) in [6.07, 6.45) is 0. The highest BCUT2D eigenvalue weighted by atomic mass is 16.5. The molecule has 6 nitrogen and oxygen atoms in total. The van der Waals surface area contributed by atoms with Crippen LogP contribution in [0.15, 0.2) is 0 Å². The van der Waals surface area contributed by atoms with Gasteiger partial charge in [-0.2, -0.15) is 5.48 Å². The molecule has 2 atom stereocenters. The fourth-order valence-corrected chi connectivity index (χ4v) is 0.850. The zero-order valence-electron chi connectivity index (χ0n) is 8.44. The lowest BCUT2D eigenvalue weighted by molar-refractivity contribution is -0.143. The summed E-state index contributed by atoms with van der Waals surface area (Å²) in [5.74, 6) is -1.84. The number of carbonyl (C=O) groups is 2. The van der Waals surface area contributed by atoms with Crippen LogP contribution < -0.4 is 10.8 Å². The third-order valence-corrected chi connectivity index (χ3v) is 1.82. The number of hydrogen-bond donors (Lipinski definition) is 4. The molecule has 0 rings (SSSR count). The molecule has 0 aromatic rings. The Kier molecular flexibility index (Phi) is 5.11. The number of carbonyl (C=O) groups excluding carboxylic acids is 1. The first-order chi connectivity index (χ1) is 6.40. The summed E-state index contributed by atoms with van der Waals surface area (Å²) < 4.78 is 0. The fraction of sp³-hybridized carbons (Fsp3) is 0.750. The van der Waals surface area contributed by atoms with Crippen LogP contribution in [0.2, 0.25) is 0 Å². The Morgan fingerprint density at radius 1 is 1.21 bits per heavy atom. The van der Waals surface area contributed by atoms with Crippen molar-refractivity contribution in [1.82, 2.24) is 10.8 Å². The van der Waals surface area contributed by atoms with Crippen molar-refractivity contribution in [3.63, 3.8) is 0 Å². The number of nitrogens with one attached hydrogen (secondary N) is 2. The third kappa shape index (κ3) is 3.71. The standard InChI is InChI=1S/C8H16N2O4/c1-4(2)6(8(12)13)9-7(11)5(3)10-14/h4-6,10,14H,1-3H3,(H,9,11)(H,12,13)/t5-,6-/m0/s1. The lowest BCUT2D eigenvalue weighted by Crippen LogP contribution is -2.50. The highest BCUT2D eigenvalue weighted by Crippen LogP contribution is 2.01. The number of rotatable bonds is 5. The SMILES string of the molecule is CC(C)[C@H](NC(=O)[C@H](C)NO)C(=O)O. The van der Waals surface area contributed by atoms with Crippen molar-refractivity contribution >= 4 is 11.9 Å². The fourth-order valence-electron chi connectivity index (χ4n) is 0.850.